The van der Waals surface area contributed by atoms with Gasteiger partial charge in [0.05, 0.1) is 6.61 Å². The lowest BCUT2D eigenvalue weighted by Gasteiger charge is -2.16. The predicted octanol–water partition coefficient (Wildman–Crippen LogP) is 3.64. The Morgan fingerprint density at radius 3 is 2.95 bits per heavy atom. The van der Waals surface area contributed by atoms with Gasteiger partial charge in [0.25, 0.3) is 0 Å². The molecule has 1 heterocycles. The van der Waals surface area contributed by atoms with Crippen LogP contribution in [-0.2, 0) is 13.0 Å². The standard InChI is InChI=1S/C17H27NO2S/c1-5-19-16-8-14-7-13(4)20-17(14)9-15(16)10-18-12(3)11-21-6-2/h8-9,12-13,18H,5-7,10-11H2,1-4H3. The number of ether oxygens (including phenoxy) is 2. The molecule has 2 atom stereocenters. The molecule has 2 rings (SSSR count). The molecule has 3 nitrogen and oxygen atoms in total. The number of hydrogen-bond acceptors (Lipinski definition) is 4. The minimum atomic E-state index is 0.276. The van der Waals surface area contributed by atoms with Crippen LogP contribution in [0, 0.1) is 0 Å². The van der Waals surface area contributed by atoms with Crippen LogP contribution in [0.15, 0.2) is 12.1 Å². The molecule has 1 N–H and O–H groups in total. The lowest BCUT2D eigenvalue weighted by atomic mass is 10.1. The van der Waals surface area contributed by atoms with E-state index in [9.17, 15) is 0 Å². The van der Waals surface area contributed by atoms with Gasteiger partial charge in [0.1, 0.15) is 17.6 Å². The Kier molecular flexibility index (Phi) is 6.24. The Hall–Kier alpha value is -0.870. The van der Waals surface area contributed by atoms with Crippen LogP contribution in [-0.4, -0.2) is 30.3 Å². The van der Waals surface area contributed by atoms with Gasteiger partial charge in [-0.25, -0.2) is 0 Å². The maximum atomic E-state index is 5.86. The number of thioether (sulfide) groups is 1. The second kappa shape index (κ2) is 7.95. The molecule has 0 bridgehead atoms. The summed E-state index contributed by atoms with van der Waals surface area (Å²) < 4.78 is 11.7. The highest BCUT2D eigenvalue weighted by molar-refractivity contribution is 7.99. The molecule has 0 fully saturated rings. The van der Waals surface area contributed by atoms with Gasteiger partial charge < -0.3 is 14.8 Å². The van der Waals surface area contributed by atoms with Gasteiger partial charge in [0, 0.05) is 35.9 Å². The van der Waals surface area contributed by atoms with Crippen LogP contribution in [0.3, 0.4) is 0 Å². The summed E-state index contributed by atoms with van der Waals surface area (Å²) in [6, 6.07) is 4.80. The monoisotopic (exact) mass is 309 g/mol. The second-order valence-electron chi connectivity index (χ2n) is 5.57. The Morgan fingerprint density at radius 1 is 1.43 bits per heavy atom. The Labute approximate surface area is 132 Å². The number of hydrogen-bond donors (Lipinski definition) is 1. The van der Waals surface area contributed by atoms with Crippen molar-refractivity contribution < 1.29 is 9.47 Å². The SMILES string of the molecule is CCOc1cc2c(cc1CNC(C)CSCC)OC(C)C2. The summed E-state index contributed by atoms with van der Waals surface area (Å²) in [5, 5.41) is 3.58. The zero-order valence-electron chi connectivity index (χ0n) is 13.6. The maximum Gasteiger partial charge on any atom is 0.124 e. The number of rotatable bonds is 8. The van der Waals surface area contributed by atoms with Crippen molar-refractivity contribution in [2.45, 2.75) is 52.8 Å². The van der Waals surface area contributed by atoms with Crippen LogP contribution in [0.25, 0.3) is 0 Å². The number of benzene rings is 1. The molecule has 21 heavy (non-hydrogen) atoms. The highest BCUT2D eigenvalue weighted by Crippen LogP contribution is 2.35. The Balaban J connectivity index is 2.05. The van der Waals surface area contributed by atoms with E-state index in [0.717, 1.165) is 30.2 Å². The first-order valence-electron chi connectivity index (χ1n) is 7.90. The highest BCUT2D eigenvalue weighted by atomic mass is 32.2. The van der Waals surface area contributed by atoms with Crippen molar-refractivity contribution >= 4 is 11.8 Å². The summed E-state index contributed by atoms with van der Waals surface area (Å²) in [5.74, 6) is 4.33. The van der Waals surface area contributed by atoms with Gasteiger partial charge in [-0.05, 0) is 38.7 Å². The van der Waals surface area contributed by atoms with Crippen LogP contribution in [0.5, 0.6) is 11.5 Å². The molecular formula is C17H27NO2S. The zero-order valence-corrected chi connectivity index (χ0v) is 14.4. The summed E-state index contributed by atoms with van der Waals surface area (Å²) in [7, 11) is 0. The molecule has 1 aromatic carbocycles. The fraction of sp³-hybridized carbons (Fsp3) is 0.647. The lowest BCUT2D eigenvalue weighted by Crippen LogP contribution is -2.28. The molecule has 1 aromatic rings. The van der Waals surface area contributed by atoms with E-state index in [1.807, 2.05) is 18.7 Å². The number of nitrogens with one attached hydrogen (secondary N) is 1. The first-order valence-corrected chi connectivity index (χ1v) is 9.05. The van der Waals surface area contributed by atoms with Gasteiger partial charge in [-0.15, -0.1) is 0 Å². The maximum absolute atomic E-state index is 5.86. The lowest BCUT2D eigenvalue weighted by molar-refractivity contribution is 0.254. The molecule has 0 spiro atoms. The fourth-order valence-corrected chi connectivity index (χ4v) is 3.25. The quantitative estimate of drug-likeness (QED) is 0.794. The van der Waals surface area contributed by atoms with E-state index in [1.54, 1.807) is 0 Å². The van der Waals surface area contributed by atoms with Gasteiger partial charge in [0.15, 0.2) is 0 Å². The molecule has 1 aliphatic rings. The molecule has 0 aromatic heterocycles. The van der Waals surface area contributed by atoms with Gasteiger partial charge in [0.2, 0.25) is 0 Å². The first-order chi connectivity index (χ1) is 10.1. The average molecular weight is 309 g/mol. The molecule has 0 amide bonds. The molecule has 0 saturated carbocycles. The molecule has 2 unspecified atom stereocenters. The van der Waals surface area contributed by atoms with Crippen molar-refractivity contribution in [1.29, 1.82) is 0 Å². The Bertz CT molecular complexity index is 464. The molecule has 0 radical (unpaired) electrons. The summed E-state index contributed by atoms with van der Waals surface area (Å²) in [5.41, 5.74) is 2.46. The van der Waals surface area contributed by atoms with E-state index in [2.05, 4.69) is 38.2 Å². The first kappa shape index (κ1) is 16.5. The summed E-state index contributed by atoms with van der Waals surface area (Å²) in [6.45, 7) is 10.1. The van der Waals surface area contributed by atoms with Gasteiger partial charge in [-0.3, -0.25) is 0 Å². The van der Waals surface area contributed by atoms with Gasteiger partial charge >= 0.3 is 0 Å². The smallest absolute Gasteiger partial charge is 0.124 e. The molecule has 1 aliphatic heterocycles. The second-order valence-corrected chi connectivity index (χ2v) is 6.89. The van der Waals surface area contributed by atoms with Crippen LogP contribution in [0.2, 0.25) is 0 Å². The normalized spacial score (nSPS) is 18.2. The van der Waals surface area contributed by atoms with Crippen molar-refractivity contribution in [2.75, 3.05) is 18.1 Å². The van der Waals surface area contributed by atoms with E-state index in [-0.39, 0.29) is 6.10 Å². The summed E-state index contributed by atoms with van der Waals surface area (Å²) in [4.78, 5) is 0. The van der Waals surface area contributed by atoms with E-state index in [1.165, 1.54) is 16.9 Å². The van der Waals surface area contributed by atoms with Crippen molar-refractivity contribution in [3.05, 3.63) is 23.3 Å². The molecular weight excluding hydrogens is 282 g/mol. The van der Waals surface area contributed by atoms with Crippen molar-refractivity contribution in [3.8, 4) is 11.5 Å². The van der Waals surface area contributed by atoms with Crippen LogP contribution in [0.1, 0.15) is 38.8 Å². The Morgan fingerprint density at radius 2 is 2.24 bits per heavy atom. The molecule has 4 heteroatoms. The summed E-state index contributed by atoms with van der Waals surface area (Å²) >= 11 is 1.97. The van der Waals surface area contributed by atoms with Gasteiger partial charge in [-0.1, -0.05) is 6.92 Å². The average Bonchev–Trinajstić information content (AvgIpc) is 2.82. The molecule has 118 valence electrons. The fourth-order valence-electron chi connectivity index (χ4n) is 2.55. The largest absolute Gasteiger partial charge is 0.494 e. The topological polar surface area (TPSA) is 30.5 Å². The summed E-state index contributed by atoms with van der Waals surface area (Å²) in [6.07, 6.45) is 1.25. The minimum Gasteiger partial charge on any atom is -0.494 e. The minimum absolute atomic E-state index is 0.276. The predicted molar refractivity (Wildman–Crippen MR) is 90.7 cm³/mol. The van der Waals surface area contributed by atoms with Crippen LogP contribution >= 0.6 is 11.8 Å². The molecule has 0 saturated heterocycles. The van der Waals surface area contributed by atoms with Crippen LogP contribution in [0.4, 0.5) is 0 Å². The van der Waals surface area contributed by atoms with Gasteiger partial charge in [-0.2, -0.15) is 11.8 Å². The number of fused-ring (bicyclic) bond motifs is 1. The van der Waals surface area contributed by atoms with Crippen molar-refractivity contribution in [2.24, 2.45) is 0 Å². The van der Waals surface area contributed by atoms with E-state index >= 15 is 0 Å². The highest BCUT2D eigenvalue weighted by Gasteiger charge is 2.21. The van der Waals surface area contributed by atoms with Crippen molar-refractivity contribution in [3.63, 3.8) is 0 Å². The van der Waals surface area contributed by atoms with E-state index in [0.29, 0.717) is 12.6 Å². The van der Waals surface area contributed by atoms with Crippen molar-refractivity contribution in [1.82, 2.24) is 5.32 Å². The third kappa shape index (κ3) is 4.55. The zero-order chi connectivity index (χ0) is 15.2. The molecule has 0 aliphatic carbocycles. The van der Waals surface area contributed by atoms with E-state index < -0.39 is 0 Å². The van der Waals surface area contributed by atoms with Crippen LogP contribution < -0.4 is 14.8 Å². The van der Waals surface area contributed by atoms with E-state index in [4.69, 9.17) is 9.47 Å². The third-order valence-corrected chi connectivity index (χ3v) is 4.74. The third-order valence-electron chi connectivity index (χ3n) is 3.59.